The third-order valence-electron chi connectivity index (χ3n) is 2.73. The molecule has 6 nitrogen and oxygen atoms in total. The number of carbonyl (C=O) groups excluding carboxylic acids is 2. The van der Waals surface area contributed by atoms with Crippen molar-refractivity contribution in [3.05, 3.63) is 36.5 Å². The molecule has 1 atom stereocenters. The lowest BCUT2D eigenvalue weighted by Crippen LogP contribution is -2.21. The number of methoxy groups -OCH3 is 1. The maximum absolute atomic E-state index is 11.2. The molecule has 0 radical (unpaired) electrons. The van der Waals surface area contributed by atoms with Gasteiger partial charge in [-0.25, -0.2) is 9.59 Å². The number of carbonyl (C=O) groups is 2. The lowest BCUT2D eigenvalue weighted by Gasteiger charge is -2.16. The van der Waals surface area contributed by atoms with Crippen molar-refractivity contribution in [2.75, 3.05) is 20.3 Å². The second kappa shape index (κ2) is 9.17. The Bertz CT molecular complexity index is 461. The number of allylic oxidation sites excluding steroid dienone is 2. The minimum Gasteiger partial charge on any atom is -0.466 e. The molecule has 0 spiro atoms. The number of rotatable bonds is 7. The van der Waals surface area contributed by atoms with E-state index in [1.165, 1.54) is 7.11 Å². The monoisotopic (exact) mass is 310 g/mol. The first-order valence-corrected chi connectivity index (χ1v) is 6.99. The van der Waals surface area contributed by atoms with Crippen LogP contribution in [0.1, 0.15) is 20.3 Å². The highest BCUT2D eigenvalue weighted by Crippen LogP contribution is 2.24. The summed E-state index contributed by atoms with van der Waals surface area (Å²) in [7, 11) is 1.23. The van der Waals surface area contributed by atoms with E-state index in [9.17, 15) is 9.59 Å². The Kier molecular flexibility index (Phi) is 7.56. The molecule has 0 aromatic rings. The summed E-state index contributed by atoms with van der Waals surface area (Å²) in [5.74, 6) is -1.70. The highest BCUT2D eigenvalue weighted by Gasteiger charge is 2.31. The summed E-state index contributed by atoms with van der Waals surface area (Å²) in [5.41, 5.74) is 0. The fraction of sp³-hybridized carbons (Fsp3) is 0.500. The van der Waals surface area contributed by atoms with E-state index >= 15 is 0 Å². The van der Waals surface area contributed by atoms with Crippen LogP contribution < -0.4 is 0 Å². The van der Waals surface area contributed by atoms with Crippen molar-refractivity contribution in [1.82, 2.24) is 0 Å². The Morgan fingerprint density at radius 1 is 1.18 bits per heavy atom. The Morgan fingerprint density at radius 3 is 2.50 bits per heavy atom. The molecule has 0 aromatic heterocycles. The van der Waals surface area contributed by atoms with Crippen molar-refractivity contribution < 1.29 is 28.5 Å². The molecule has 1 aliphatic heterocycles. The molecule has 1 saturated heterocycles. The van der Waals surface area contributed by atoms with Gasteiger partial charge in [0.2, 0.25) is 0 Å². The Labute approximate surface area is 130 Å². The molecule has 1 rings (SSSR count). The van der Waals surface area contributed by atoms with E-state index in [1.54, 1.807) is 12.2 Å². The van der Waals surface area contributed by atoms with Gasteiger partial charge in [0.15, 0.2) is 5.79 Å². The minimum atomic E-state index is -0.600. The molecule has 0 bridgehead atoms. The van der Waals surface area contributed by atoms with Crippen LogP contribution in [0.3, 0.4) is 0 Å². The summed E-state index contributed by atoms with van der Waals surface area (Å²) in [6, 6.07) is 0. The number of hydrogen-bond donors (Lipinski definition) is 0. The van der Waals surface area contributed by atoms with Crippen molar-refractivity contribution >= 4 is 11.9 Å². The molecular formula is C16H22O6. The van der Waals surface area contributed by atoms with Crippen LogP contribution in [0.15, 0.2) is 36.5 Å². The lowest BCUT2D eigenvalue weighted by atomic mass is 10.2. The Balaban J connectivity index is 2.13. The van der Waals surface area contributed by atoms with Gasteiger partial charge in [-0.1, -0.05) is 18.2 Å². The maximum Gasteiger partial charge on any atom is 0.331 e. The molecule has 1 heterocycles. The van der Waals surface area contributed by atoms with Crippen molar-refractivity contribution in [3.63, 3.8) is 0 Å². The van der Waals surface area contributed by atoms with Gasteiger partial charge in [0.1, 0.15) is 6.61 Å². The topological polar surface area (TPSA) is 71.1 Å². The van der Waals surface area contributed by atoms with Gasteiger partial charge in [0.05, 0.1) is 19.8 Å². The minimum absolute atomic E-state index is 0.0703. The summed E-state index contributed by atoms with van der Waals surface area (Å²) >= 11 is 0. The van der Waals surface area contributed by atoms with Crippen LogP contribution in [0.25, 0.3) is 0 Å². The van der Waals surface area contributed by atoms with Crippen LogP contribution >= 0.6 is 0 Å². The van der Waals surface area contributed by atoms with E-state index in [0.717, 1.165) is 18.6 Å². The summed E-state index contributed by atoms with van der Waals surface area (Å²) in [5, 5.41) is 0. The average molecular weight is 310 g/mol. The van der Waals surface area contributed by atoms with Crippen LogP contribution in [-0.2, 0) is 28.5 Å². The molecule has 0 amide bonds. The van der Waals surface area contributed by atoms with Crippen molar-refractivity contribution in [1.29, 1.82) is 0 Å². The van der Waals surface area contributed by atoms with Crippen LogP contribution in [0, 0.1) is 0 Å². The second-order valence-corrected chi connectivity index (χ2v) is 5.03. The zero-order valence-electron chi connectivity index (χ0n) is 13.1. The van der Waals surface area contributed by atoms with Gasteiger partial charge in [-0.05, 0) is 26.3 Å². The first-order chi connectivity index (χ1) is 10.4. The lowest BCUT2D eigenvalue weighted by molar-refractivity contribution is -0.138. The van der Waals surface area contributed by atoms with E-state index in [-0.39, 0.29) is 12.7 Å². The smallest absolute Gasteiger partial charge is 0.331 e. The SMILES string of the molecule is COC(=O)/C=C/C(=O)OC/C=C/C=C/C[C@H]1COC(C)(C)O1. The Morgan fingerprint density at radius 2 is 1.86 bits per heavy atom. The van der Waals surface area contributed by atoms with Crippen LogP contribution in [0.4, 0.5) is 0 Å². The predicted molar refractivity (Wildman–Crippen MR) is 79.9 cm³/mol. The normalized spacial score (nSPS) is 21.0. The van der Waals surface area contributed by atoms with Gasteiger partial charge in [0, 0.05) is 12.2 Å². The maximum atomic E-state index is 11.2. The number of esters is 2. The van der Waals surface area contributed by atoms with Crippen LogP contribution in [0.2, 0.25) is 0 Å². The van der Waals surface area contributed by atoms with Crippen LogP contribution in [0.5, 0.6) is 0 Å². The molecule has 0 N–H and O–H groups in total. The van der Waals surface area contributed by atoms with Gasteiger partial charge in [0.25, 0.3) is 0 Å². The quantitative estimate of drug-likeness (QED) is 0.406. The fourth-order valence-corrected chi connectivity index (χ4v) is 1.70. The van der Waals surface area contributed by atoms with Gasteiger partial charge in [-0.15, -0.1) is 0 Å². The molecule has 1 aliphatic rings. The largest absolute Gasteiger partial charge is 0.466 e. The van der Waals surface area contributed by atoms with Gasteiger partial charge in [-0.2, -0.15) is 0 Å². The molecule has 0 unspecified atom stereocenters. The summed E-state index contributed by atoms with van der Waals surface area (Å²) in [6.45, 7) is 4.50. The molecule has 122 valence electrons. The zero-order chi connectivity index (χ0) is 16.4. The van der Waals surface area contributed by atoms with E-state index in [4.69, 9.17) is 14.2 Å². The van der Waals surface area contributed by atoms with E-state index in [2.05, 4.69) is 4.74 Å². The molecule has 6 heteroatoms. The highest BCUT2D eigenvalue weighted by molar-refractivity contribution is 5.91. The molecule has 0 aromatic carbocycles. The summed E-state index contributed by atoms with van der Waals surface area (Å²) < 4.78 is 20.3. The highest BCUT2D eigenvalue weighted by atomic mass is 16.7. The standard InChI is InChI=1S/C16H22O6/c1-16(2)21-12-13(22-16)8-6-4-5-7-11-20-15(18)10-9-14(17)19-3/h4-7,9-10,13H,8,11-12H2,1-3H3/b6-4+,7-5+,10-9+/t13-/m0/s1. The Hall–Kier alpha value is -1.92. The zero-order valence-corrected chi connectivity index (χ0v) is 13.1. The van der Waals surface area contributed by atoms with Crippen LogP contribution in [-0.4, -0.2) is 44.2 Å². The van der Waals surface area contributed by atoms with Gasteiger partial charge < -0.3 is 18.9 Å². The molecule has 22 heavy (non-hydrogen) atoms. The first kappa shape index (κ1) is 18.1. The van der Waals surface area contributed by atoms with Crippen molar-refractivity contribution in [2.45, 2.75) is 32.2 Å². The third-order valence-corrected chi connectivity index (χ3v) is 2.73. The summed E-state index contributed by atoms with van der Waals surface area (Å²) in [4.78, 5) is 21.9. The first-order valence-electron chi connectivity index (χ1n) is 6.99. The van der Waals surface area contributed by atoms with E-state index < -0.39 is 17.7 Å². The number of hydrogen-bond acceptors (Lipinski definition) is 6. The predicted octanol–water partition coefficient (Wildman–Crippen LogP) is 1.91. The average Bonchev–Trinajstić information content (AvgIpc) is 2.82. The number of ether oxygens (including phenoxy) is 4. The molecule has 1 fully saturated rings. The van der Waals surface area contributed by atoms with E-state index in [0.29, 0.717) is 6.61 Å². The molecular weight excluding hydrogens is 288 g/mol. The summed E-state index contributed by atoms with van der Waals surface area (Å²) in [6.07, 6.45) is 10.1. The van der Waals surface area contributed by atoms with Crippen molar-refractivity contribution in [2.24, 2.45) is 0 Å². The third kappa shape index (κ3) is 7.75. The fourth-order valence-electron chi connectivity index (χ4n) is 1.70. The second-order valence-electron chi connectivity index (χ2n) is 5.03. The van der Waals surface area contributed by atoms with Gasteiger partial charge in [-0.3, -0.25) is 0 Å². The van der Waals surface area contributed by atoms with Crippen molar-refractivity contribution in [3.8, 4) is 0 Å². The molecule has 0 aliphatic carbocycles. The van der Waals surface area contributed by atoms with E-state index in [1.807, 2.05) is 26.0 Å². The van der Waals surface area contributed by atoms with Gasteiger partial charge >= 0.3 is 11.9 Å². The molecule has 0 saturated carbocycles.